The highest BCUT2D eigenvalue weighted by Crippen LogP contribution is 2.18. The van der Waals surface area contributed by atoms with Crippen molar-refractivity contribution in [2.24, 2.45) is 5.92 Å². The Labute approximate surface area is 104 Å². The minimum atomic E-state index is 0.314. The number of carbonyl (C=O) groups is 1. The van der Waals surface area contributed by atoms with Crippen molar-refractivity contribution in [2.75, 3.05) is 13.2 Å². The molecule has 0 aromatic heterocycles. The van der Waals surface area contributed by atoms with Crippen LogP contribution in [0.15, 0.2) is 28.7 Å². The molecular formula is C13H15BrO2. The summed E-state index contributed by atoms with van der Waals surface area (Å²) in [5.41, 5.74) is 1.08. The maximum atomic E-state index is 11.8. The largest absolute Gasteiger partial charge is 0.381 e. The van der Waals surface area contributed by atoms with Gasteiger partial charge >= 0.3 is 0 Å². The van der Waals surface area contributed by atoms with E-state index in [2.05, 4.69) is 15.9 Å². The van der Waals surface area contributed by atoms with Gasteiger partial charge in [0.2, 0.25) is 0 Å². The van der Waals surface area contributed by atoms with Gasteiger partial charge in [-0.15, -0.1) is 0 Å². The van der Waals surface area contributed by atoms with E-state index in [0.717, 1.165) is 29.7 Å². The molecule has 1 aliphatic heterocycles. The van der Waals surface area contributed by atoms with Crippen LogP contribution in [0.3, 0.4) is 0 Å². The first-order chi connectivity index (χ1) is 7.74. The molecule has 0 radical (unpaired) electrons. The van der Waals surface area contributed by atoms with Gasteiger partial charge in [-0.3, -0.25) is 4.79 Å². The van der Waals surface area contributed by atoms with E-state index in [4.69, 9.17) is 4.74 Å². The summed E-state index contributed by atoms with van der Waals surface area (Å²) in [5.74, 6) is 0.758. The summed E-state index contributed by atoms with van der Waals surface area (Å²) in [6, 6.07) is 7.93. The number of Topliss-reactive ketones (excluding diaryl/α,β-unsaturated/α-hetero) is 1. The Morgan fingerprint density at radius 3 is 3.06 bits per heavy atom. The topological polar surface area (TPSA) is 26.3 Å². The number of hydrogen-bond acceptors (Lipinski definition) is 2. The second-order valence-corrected chi connectivity index (χ2v) is 5.19. The van der Waals surface area contributed by atoms with Gasteiger partial charge in [-0.1, -0.05) is 28.1 Å². The zero-order valence-corrected chi connectivity index (χ0v) is 10.7. The molecule has 86 valence electrons. The quantitative estimate of drug-likeness (QED) is 0.849. The predicted molar refractivity (Wildman–Crippen MR) is 66.4 cm³/mol. The number of ketones is 1. The third kappa shape index (κ3) is 3.42. The Kier molecular flexibility index (Phi) is 4.13. The van der Waals surface area contributed by atoms with Crippen molar-refractivity contribution in [1.82, 2.24) is 0 Å². The Bertz CT molecular complexity index is 370. The van der Waals surface area contributed by atoms with Crippen LogP contribution in [0.1, 0.15) is 18.4 Å². The molecule has 0 bridgehead atoms. The van der Waals surface area contributed by atoms with Crippen LogP contribution in [0, 0.1) is 5.92 Å². The zero-order valence-electron chi connectivity index (χ0n) is 9.12. The number of ether oxygens (including phenoxy) is 1. The lowest BCUT2D eigenvalue weighted by atomic mass is 9.98. The Balaban J connectivity index is 1.86. The number of benzene rings is 1. The second kappa shape index (κ2) is 5.60. The number of carbonyl (C=O) groups excluding carboxylic acids is 1. The van der Waals surface area contributed by atoms with Crippen molar-refractivity contribution in [2.45, 2.75) is 19.3 Å². The van der Waals surface area contributed by atoms with E-state index < -0.39 is 0 Å². The van der Waals surface area contributed by atoms with E-state index in [1.54, 1.807) is 0 Å². The molecule has 0 spiro atoms. The van der Waals surface area contributed by atoms with Gasteiger partial charge in [0, 0.05) is 30.5 Å². The summed E-state index contributed by atoms with van der Waals surface area (Å²) in [4.78, 5) is 11.8. The second-order valence-electron chi connectivity index (χ2n) is 4.28. The Hall–Kier alpha value is -0.670. The van der Waals surface area contributed by atoms with Crippen molar-refractivity contribution in [3.05, 3.63) is 34.3 Å². The van der Waals surface area contributed by atoms with Crippen molar-refractivity contribution < 1.29 is 9.53 Å². The van der Waals surface area contributed by atoms with Gasteiger partial charge in [0.05, 0.1) is 0 Å². The van der Waals surface area contributed by atoms with Gasteiger partial charge in [-0.25, -0.2) is 0 Å². The molecule has 1 aromatic carbocycles. The summed E-state index contributed by atoms with van der Waals surface area (Å²) < 4.78 is 6.30. The fraction of sp³-hybridized carbons (Fsp3) is 0.462. The zero-order chi connectivity index (χ0) is 11.4. The molecule has 1 saturated heterocycles. The van der Waals surface area contributed by atoms with Crippen molar-refractivity contribution in [1.29, 1.82) is 0 Å². The number of hydrogen-bond donors (Lipinski definition) is 0. The van der Waals surface area contributed by atoms with E-state index in [1.165, 1.54) is 0 Å². The fourth-order valence-corrected chi connectivity index (χ4v) is 2.46. The van der Waals surface area contributed by atoms with E-state index in [-0.39, 0.29) is 0 Å². The number of halogens is 1. The first-order valence-corrected chi connectivity index (χ1v) is 6.37. The summed E-state index contributed by atoms with van der Waals surface area (Å²) in [7, 11) is 0. The Morgan fingerprint density at radius 2 is 2.38 bits per heavy atom. The molecule has 1 unspecified atom stereocenters. The fourth-order valence-electron chi connectivity index (χ4n) is 2.01. The van der Waals surface area contributed by atoms with Crippen molar-refractivity contribution in [3.63, 3.8) is 0 Å². The van der Waals surface area contributed by atoms with Crippen LogP contribution in [0.5, 0.6) is 0 Å². The molecule has 0 saturated carbocycles. The molecule has 2 nitrogen and oxygen atoms in total. The smallest absolute Gasteiger partial charge is 0.137 e. The van der Waals surface area contributed by atoms with Gasteiger partial charge in [0.1, 0.15) is 5.78 Å². The average molecular weight is 283 g/mol. The first-order valence-electron chi connectivity index (χ1n) is 5.58. The van der Waals surface area contributed by atoms with Gasteiger partial charge in [0.25, 0.3) is 0 Å². The van der Waals surface area contributed by atoms with Crippen LogP contribution in [-0.2, 0) is 16.0 Å². The molecule has 0 aliphatic carbocycles. The highest BCUT2D eigenvalue weighted by Gasteiger charge is 2.18. The standard InChI is InChI=1S/C13H15BrO2/c14-12-3-1-2-10(6-12)7-13(15)8-11-4-5-16-9-11/h1-3,6,11H,4-5,7-9H2. The van der Waals surface area contributed by atoms with E-state index in [1.807, 2.05) is 24.3 Å². The minimum absolute atomic E-state index is 0.314. The summed E-state index contributed by atoms with van der Waals surface area (Å²) in [5, 5.41) is 0. The molecule has 3 heteroatoms. The van der Waals surface area contributed by atoms with Crippen LogP contribution in [0.25, 0.3) is 0 Å². The number of rotatable bonds is 4. The first kappa shape index (κ1) is 11.8. The van der Waals surface area contributed by atoms with Crippen molar-refractivity contribution >= 4 is 21.7 Å². The molecule has 1 fully saturated rings. The maximum Gasteiger partial charge on any atom is 0.137 e. The normalized spacial score (nSPS) is 19.9. The third-order valence-electron chi connectivity index (χ3n) is 2.83. The summed E-state index contributed by atoms with van der Waals surface area (Å²) in [6.07, 6.45) is 2.23. The van der Waals surface area contributed by atoms with Crippen LogP contribution in [0.4, 0.5) is 0 Å². The monoisotopic (exact) mass is 282 g/mol. The maximum absolute atomic E-state index is 11.8. The highest BCUT2D eigenvalue weighted by atomic mass is 79.9. The summed E-state index contributed by atoms with van der Waals surface area (Å²) >= 11 is 3.41. The van der Waals surface area contributed by atoms with E-state index >= 15 is 0 Å². The lowest BCUT2D eigenvalue weighted by Gasteiger charge is -2.06. The Morgan fingerprint density at radius 1 is 1.50 bits per heavy atom. The lowest BCUT2D eigenvalue weighted by Crippen LogP contribution is -2.10. The molecular weight excluding hydrogens is 268 g/mol. The third-order valence-corrected chi connectivity index (χ3v) is 3.32. The molecule has 16 heavy (non-hydrogen) atoms. The highest BCUT2D eigenvalue weighted by molar-refractivity contribution is 9.10. The van der Waals surface area contributed by atoms with Gasteiger partial charge in [-0.05, 0) is 30.0 Å². The van der Waals surface area contributed by atoms with Crippen LogP contribution < -0.4 is 0 Å². The molecule has 2 rings (SSSR count). The molecule has 1 heterocycles. The van der Waals surface area contributed by atoms with Crippen molar-refractivity contribution in [3.8, 4) is 0 Å². The van der Waals surface area contributed by atoms with Crippen LogP contribution >= 0.6 is 15.9 Å². The van der Waals surface area contributed by atoms with Gasteiger partial charge < -0.3 is 4.74 Å². The van der Waals surface area contributed by atoms with E-state index in [0.29, 0.717) is 24.5 Å². The molecule has 1 aromatic rings. The lowest BCUT2D eigenvalue weighted by molar-refractivity contribution is -0.119. The van der Waals surface area contributed by atoms with E-state index in [9.17, 15) is 4.79 Å². The molecule has 0 amide bonds. The van der Waals surface area contributed by atoms with Gasteiger partial charge in [0.15, 0.2) is 0 Å². The molecule has 1 aliphatic rings. The van der Waals surface area contributed by atoms with Crippen LogP contribution in [-0.4, -0.2) is 19.0 Å². The minimum Gasteiger partial charge on any atom is -0.381 e. The summed E-state index contributed by atoms with van der Waals surface area (Å²) in [6.45, 7) is 1.57. The average Bonchev–Trinajstić information content (AvgIpc) is 2.70. The SMILES string of the molecule is O=C(Cc1cccc(Br)c1)CC1CCOC1. The molecule has 0 N–H and O–H groups in total. The molecule has 1 atom stereocenters. The van der Waals surface area contributed by atoms with Crippen LogP contribution in [0.2, 0.25) is 0 Å². The predicted octanol–water partition coefficient (Wildman–Crippen LogP) is 2.99. The van der Waals surface area contributed by atoms with Gasteiger partial charge in [-0.2, -0.15) is 0 Å².